The molecule has 0 aromatic carbocycles. The average Bonchev–Trinajstić information content (AvgIpc) is 2.53. The number of hydrogen-bond acceptors (Lipinski definition) is 4. The molecule has 2 N–H and O–H groups in total. The smallest absolute Gasteiger partial charge is 0.251 e. The van der Waals surface area contributed by atoms with Gasteiger partial charge < -0.3 is 10.6 Å². The maximum atomic E-state index is 12.2. The van der Waals surface area contributed by atoms with Gasteiger partial charge in [0.1, 0.15) is 5.82 Å². The van der Waals surface area contributed by atoms with Gasteiger partial charge in [-0.3, -0.25) is 4.79 Å². The number of thioether (sulfide) groups is 1. The first-order chi connectivity index (χ1) is 9.69. The summed E-state index contributed by atoms with van der Waals surface area (Å²) in [6.07, 6.45) is 10.1. The summed E-state index contributed by atoms with van der Waals surface area (Å²) < 4.78 is 0.229. The first-order valence-electron chi connectivity index (χ1n) is 7.16. The summed E-state index contributed by atoms with van der Waals surface area (Å²) >= 11 is 1.90. The average molecular weight is 293 g/mol. The summed E-state index contributed by atoms with van der Waals surface area (Å²) in [6, 6.07) is 3.53. The maximum Gasteiger partial charge on any atom is 0.251 e. The number of aromatic nitrogens is 1. The third-order valence-electron chi connectivity index (χ3n) is 4.05. The van der Waals surface area contributed by atoms with Gasteiger partial charge in [-0.05, 0) is 31.2 Å². The van der Waals surface area contributed by atoms with Crippen molar-refractivity contribution >= 4 is 23.5 Å². The van der Waals surface area contributed by atoms with Crippen LogP contribution < -0.4 is 10.6 Å². The van der Waals surface area contributed by atoms with Gasteiger partial charge in [0.25, 0.3) is 5.91 Å². The number of carbonyl (C=O) groups is 1. The van der Waals surface area contributed by atoms with E-state index in [0.29, 0.717) is 5.56 Å². The molecule has 0 bridgehead atoms. The quantitative estimate of drug-likeness (QED) is 0.876. The van der Waals surface area contributed by atoms with Crippen molar-refractivity contribution in [2.24, 2.45) is 0 Å². The summed E-state index contributed by atoms with van der Waals surface area (Å²) in [5.41, 5.74) is 0.663. The van der Waals surface area contributed by atoms with Crippen molar-refractivity contribution in [1.82, 2.24) is 10.3 Å². The second-order valence-corrected chi connectivity index (χ2v) is 6.58. The Morgan fingerprint density at radius 3 is 2.80 bits per heavy atom. The lowest BCUT2D eigenvalue weighted by molar-refractivity contribution is 0.0947. The van der Waals surface area contributed by atoms with E-state index < -0.39 is 0 Å². The van der Waals surface area contributed by atoms with Gasteiger partial charge in [0.05, 0.1) is 0 Å². The predicted octanol–water partition coefficient (Wildman–Crippen LogP) is 2.92. The Morgan fingerprint density at radius 2 is 2.15 bits per heavy atom. The fourth-order valence-corrected chi connectivity index (χ4v) is 3.61. The van der Waals surface area contributed by atoms with Crippen LogP contribution in [0.3, 0.4) is 0 Å². The summed E-state index contributed by atoms with van der Waals surface area (Å²) in [7, 11) is 1.80. The molecule has 1 aromatic heterocycles. The minimum atomic E-state index is -0.0112. The van der Waals surface area contributed by atoms with Gasteiger partial charge in [-0.1, -0.05) is 19.3 Å². The molecule has 1 saturated carbocycles. The predicted molar refractivity (Wildman–Crippen MR) is 85.4 cm³/mol. The van der Waals surface area contributed by atoms with Crippen molar-refractivity contribution in [1.29, 1.82) is 0 Å². The van der Waals surface area contributed by atoms with Crippen LogP contribution in [-0.2, 0) is 0 Å². The van der Waals surface area contributed by atoms with Crippen molar-refractivity contribution in [3.8, 4) is 0 Å². The second-order valence-electron chi connectivity index (χ2n) is 5.31. The topological polar surface area (TPSA) is 54.0 Å². The first kappa shape index (κ1) is 15.2. The number of nitrogens with zero attached hydrogens (tertiary/aromatic N) is 1. The van der Waals surface area contributed by atoms with Crippen LogP contribution in [0.4, 0.5) is 5.82 Å². The molecule has 0 aliphatic heterocycles. The molecule has 1 aromatic rings. The molecule has 20 heavy (non-hydrogen) atoms. The Labute approximate surface area is 125 Å². The molecule has 110 valence electrons. The number of anilines is 1. The van der Waals surface area contributed by atoms with E-state index in [2.05, 4.69) is 21.9 Å². The van der Waals surface area contributed by atoms with E-state index in [0.717, 1.165) is 12.4 Å². The number of rotatable bonds is 5. The normalized spacial score (nSPS) is 17.5. The summed E-state index contributed by atoms with van der Waals surface area (Å²) in [4.78, 5) is 16.4. The van der Waals surface area contributed by atoms with E-state index in [-0.39, 0.29) is 10.7 Å². The lowest BCUT2D eigenvalue weighted by Crippen LogP contribution is -2.41. The minimum Gasteiger partial charge on any atom is -0.373 e. The number of carbonyl (C=O) groups excluding carboxylic acids is 1. The van der Waals surface area contributed by atoms with Crippen LogP contribution in [0.2, 0.25) is 0 Å². The number of nitrogens with one attached hydrogen (secondary N) is 2. The summed E-state index contributed by atoms with van der Waals surface area (Å²) in [6.45, 7) is 0.754. The molecular formula is C15H23N3OS. The van der Waals surface area contributed by atoms with Gasteiger partial charge in [0.2, 0.25) is 0 Å². The molecule has 4 nitrogen and oxygen atoms in total. The molecule has 0 saturated heterocycles. The monoisotopic (exact) mass is 293 g/mol. The molecule has 0 radical (unpaired) electrons. The summed E-state index contributed by atoms with van der Waals surface area (Å²) in [5.74, 6) is 0.706. The fourth-order valence-electron chi connectivity index (χ4n) is 2.70. The van der Waals surface area contributed by atoms with Crippen molar-refractivity contribution in [2.75, 3.05) is 25.2 Å². The van der Waals surface area contributed by atoms with E-state index in [1.54, 1.807) is 25.4 Å². The van der Waals surface area contributed by atoms with Crippen molar-refractivity contribution in [2.45, 2.75) is 36.9 Å². The van der Waals surface area contributed by atoms with Gasteiger partial charge in [0.15, 0.2) is 0 Å². The molecule has 2 rings (SSSR count). The van der Waals surface area contributed by atoms with Crippen LogP contribution in [0.5, 0.6) is 0 Å². The van der Waals surface area contributed by atoms with Crippen molar-refractivity contribution < 1.29 is 4.79 Å². The van der Waals surface area contributed by atoms with Crippen LogP contribution in [0.15, 0.2) is 18.3 Å². The Balaban J connectivity index is 1.96. The molecule has 1 amide bonds. The third kappa shape index (κ3) is 3.66. The Hall–Kier alpha value is -1.23. The molecule has 0 atom stereocenters. The van der Waals surface area contributed by atoms with Gasteiger partial charge in [-0.25, -0.2) is 4.98 Å². The zero-order valence-electron chi connectivity index (χ0n) is 12.2. The van der Waals surface area contributed by atoms with Gasteiger partial charge >= 0.3 is 0 Å². The standard InChI is InChI=1S/C15H23N3OS/c1-16-13-10-12(6-9-17-13)14(19)18-11-15(20-2)7-4-3-5-8-15/h6,9-10H,3-5,7-8,11H2,1-2H3,(H,16,17)(H,18,19). The highest BCUT2D eigenvalue weighted by Gasteiger charge is 2.31. The van der Waals surface area contributed by atoms with Crippen LogP contribution in [0, 0.1) is 0 Å². The minimum absolute atomic E-state index is 0.0112. The first-order valence-corrected chi connectivity index (χ1v) is 8.39. The molecule has 1 fully saturated rings. The Bertz CT molecular complexity index is 458. The molecule has 1 aliphatic rings. The number of amides is 1. The van der Waals surface area contributed by atoms with Gasteiger partial charge in [-0.2, -0.15) is 11.8 Å². The molecule has 1 heterocycles. The highest BCUT2D eigenvalue weighted by Crippen LogP contribution is 2.37. The van der Waals surface area contributed by atoms with Crippen LogP contribution in [0.25, 0.3) is 0 Å². The molecule has 1 aliphatic carbocycles. The van der Waals surface area contributed by atoms with E-state index in [4.69, 9.17) is 0 Å². The summed E-state index contributed by atoms with van der Waals surface area (Å²) in [5, 5.41) is 6.05. The van der Waals surface area contributed by atoms with Crippen molar-refractivity contribution in [3.05, 3.63) is 23.9 Å². The molecular weight excluding hydrogens is 270 g/mol. The molecule has 0 spiro atoms. The van der Waals surface area contributed by atoms with Crippen molar-refractivity contribution in [3.63, 3.8) is 0 Å². The SMILES string of the molecule is CNc1cc(C(=O)NCC2(SC)CCCCC2)ccn1. The highest BCUT2D eigenvalue weighted by atomic mass is 32.2. The zero-order valence-corrected chi connectivity index (χ0v) is 13.1. The maximum absolute atomic E-state index is 12.2. The van der Waals surface area contributed by atoms with Crippen LogP contribution in [0.1, 0.15) is 42.5 Å². The van der Waals surface area contributed by atoms with Gasteiger partial charge in [-0.15, -0.1) is 0 Å². The van der Waals surface area contributed by atoms with E-state index >= 15 is 0 Å². The Morgan fingerprint density at radius 1 is 1.40 bits per heavy atom. The Kier molecular flexibility index (Phi) is 5.29. The largest absolute Gasteiger partial charge is 0.373 e. The number of hydrogen-bond donors (Lipinski definition) is 2. The van der Waals surface area contributed by atoms with E-state index in [1.807, 2.05) is 11.8 Å². The zero-order chi connectivity index (χ0) is 14.4. The lowest BCUT2D eigenvalue weighted by Gasteiger charge is -2.35. The van der Waals surface area contributed by atoms with Crippen LogP contribution >= 0.6 is 11.8 Å². The van der Waals surface area contributed by atoms with E-state index in [9.17, 15) is 4.79 Å². The second kappa shape index (κ2) is 6.97. The van der Waals surface area contributed by atoms with Gasteiger partial charge in [0, 0.05) is 30.1 Å². The fraction of sp³-hybridized carbons (Fsp3) is 0.600. The lowest BCUT2D eigenvalue weighted by atomic mass is 9.88. The third-order valence-corrected chi connectivity index (χ3v) is 5.47. The van der Waals surface area contributed by atoms with E-state index in [1.165, 1.54) is 32.1 Å². The number of pyridine rings is 1. The highest BCUT2D eigenvalue weighted by molar-refractivity contribution is 8.00. The van der Waals surface area contributed by atoms with Crippen LogP contribution in [-0.4, -0.2) is 35.5 Å². The molecule has 0 unspecified atom stereocenters. The molecule has 5 heteroatoms.